The van der Waals surface area contributed by atoms with Crippen LogP contribution in [0.5, 0.6) is 5.75 Å². The summed E-state index contributed by atoms with van der Waals surface area (Å²) in [6.45, 7) is 5.80. The molecule has 1 aliphatic heterocycles. The molecule has 6 heteroatoms. The summed E-state index contributed by atoms with van der Waals surface area (Å²) in [6.07, 6.45) is 5.53. The number of halogens is 3. The minimum atomic E-state index is -0.994. The van der Waals surface area contributed by atoms with Gasteiger partial charge in [-0.3, -0.25) is 0 Å². The van der Waals surface area contributed by atoms with Crippen LogP contribution in [-0.4, -0.2) is 19.8 Å². The monoisotopic (exact) mass is 512 g/mol. The molecule has 0 aromatic heterocycles. The minimum absolute atomic E-state index is 0.0802. The van der Waals surface area contributed by atoms with E-state index in [0.29, 0.717) is 48.0 Å². The summed E-state index contributed by atoms with van der Waals surface area (Å²) in [4.78, 5) is 0. The van der Waals surface area contributed by atoms with Gasteiger partial charge < -0.3 is 14.2 Å². The molecule has 0 bridgehead atoms. The van der Waals surface area contributed by atoms with Crippen molar-refractivity contribution >= 4 is 0 Å². The van der Waals surface area contributed by atoms with Gasteiger partial charge in [0.15, 0.2) is 17.9 Å². The largest absolute Gasteiger partial charge is 0.490 e. The highest BCUT2D eigenvalue weighted by atomic mass is 19.2. The van der Waals surface area contributed by atoms with Crippen LogP contribution in [0, 0.1) is 23.4 Å². The lowest BCUT2D eigenvalue weighted by molar-refractivity contribution is -0.206. The highest BCUT2D eigenvalue weighted by molar-refractivity contribution is 5.71. The molecule has 0 radical (unpaired) electrons. The first-order valence-electron chi connectivity index (χ1n) is 13.3. The molecule has 198 valence electrons. The summed E-state index contributed by atoms with van der Waals surface area (Å²) in [7, 11) is 0. The van der Waals surface area contributed by atoms with Crippen molar-refractivity contribution in [2.45, 2.75) is 58.7 Å². The molecule has 0 atom stereocenters. The molecule has 0 spiro atoms. The maximum absolute atomic E-state index is 15.0. The quantitative estimate of drug-likeness (QED) is 0.240. The third kappa shape index (κ3) is 6.74. The van der Waals surface area contributed by atoms with E-state index < -0.39 is 23.7 Å². The average Bonchev–Trinajstić information content (AvgIpc) is 2.92. The van der Waals surface area contributed by atoms with Gasteiger partial charge in [0, 0.05) is 22.6 Å². The summed E-state index contributed by atoms with van der Waals surface area (Å²) >= 11 is 0. The van der Waals surface area contributed by atoms with E-state index in [9.17, 15) is 8.78 Å². The van der Waals surface area contributed by atoms with Gasteiger partial charge in [0.2, 0.25) is 5.82 Å². The molecule has 3 aromatic rings. The molecule has 1 saturated heterocycles. The normalized spacial score (nSPS) is 17.6. The molecule has 3 nitrogen and oxygen atoms in total. The number of hydrogen-bond donors (Lipinski definition) is 0. The lowest BCUT2D eigenvalue weighted by atomic mass is 9.98. The van der Waals surface area contributed by atoms with Crippen LogP contribution in [-0.2, 0) is 9.47 Å². The Labute approximate surface area is 217 Å². The maximum Gasteiger partial charge on any atom is 0.201 e. The van der Waals surface area contributed by atoms with Crippen LogP contribution < -0.4 is 4.74 Å². The van der Waals surface area contributed by atoms with Crippen molar-refractivity contribution in [1.29, 1.82) is 0 Å². The van der Waals surface area contributed by atoms with E-state index in [4.69, 9.17) is 14.2 Å². The fraction of sp³-hybridized carbons (Fsp3) is 0.419. The molecule has 4 rings (SSSR count). The van der Waals surface area contributed by atoms with Gasteiger partial charge in [0.05, 0.1) is 19.8 Å². The lowest BCUT2D eigenvalue weighted by Gasteiger charge is -2.29. The van der Waals surface area contributed by atoms with Crippen molar-refractivity contribution in [1.82, 2.24) is 0 Å². The van der Waals surface area contributed by atoms with Crippen LogP contribution in [0.2, 0.25) is 0 Å². The van der Waals surface area contributed by atoms with E-state index >= 15 is 4.39 Å². The summed E-state index contributed by atoms with van der Waals surface area (Å²) < 4.78 is 61.5. The van der Waals surface area contributed by atoms with Gasteiger partial charge in [-0.05, 0) is 42.2 Å². The Morgan fingerprint density at radius 2 is 1.43 bits per heavy atom. The third-order valence-electron chi connectivity index (χ3n) is 6.74. The van der Waals surface area contributed by atoms with Crippen molar-refractivity contribution in [2.24, 2.45) is 5.92 Å². The van der Waals surface area contributed by atoms with E-state index in [0.717, 1.165) is 38.5 Å². The zero-order valence-electron chi connectivity index (χ0n) is 21.6. The Hall–Kier alpha value is -2.83. The second kappa shape index (κ2) is 13.1. The first kappa shape index (κ1) is 27.2. The van der Waals surface area contributed by atoms with Gasteiger partial charge in [-0.15, -0.1) is 0 Å². The number of ether oxygens (including phenoxy) is 3. The highest BCUT2D eigenvalue weighted by Gasteiger charge is 2.24. The molecule has 0 unspecified atom stereocenters. The molecule has 1 fully saturated rings. The van der Waals surface area contributed by atoms with Gasteiger partial charge in [-0.1, -0.05) is 75.9 Å². The van der Waals surface area contributed by atoms with Crippen molar-refractivity contribution < 1.29 is 27.4 Å². The number of rotatable bonds is 11. The molecular weight excluding hydrogens is 477 g/mol. The minimum Gasteiger partial charge on any atom is -0.490 e. The van der Waals surface area contributed by atoms with E-state index in [1.807, 2.05) is 0 Å². The predicted molar refractivity (Wildman–Crippen MR) is 140 cm³/mol. The standard InChI is InChI=1S/C31H35F3O3/c1-3-5-6-7-17-35-28-16-15-26(29(33)30(28)34)23-11-9-22(10-12-23)25-14-13-24(18-27(25)32)31-36-19-21(8-4-2)20-37-31/h9-16,18,21,31H,3-8,17,19-20H2,1-2H3. The van der Waals surface area contributed by atoms with Gasteiger partial charge in [0.1, 0.15) is 5.82 Å². The molecule has 0 saturated carbocycles. The summed E-state index contributed by atoms with van der Waals surface area (Å²) in [5, 5.41) is 0. The molecule has 0 N–H and O–H groups in total. The van der Waals surface area contributed by atoms with Gasteiger partial charge >= 0.3 is 0 Å². The van der Waals surface area contributed by atoms with Crippen LogP contribution in [0.25, 0.3) is 22.3 Å². The molecule has 37 heavy (non-hydrogen) atoms. The summed E-state index contributed by atoms with van der Waals surface area (Å²) in [5.74, 6) is -2.05. The number of unbranched alkanes of at least 4 members (excludes halogenated alkanes) is 3. The van der Waals surface area contributed by atoms with Crippen LogP contribution in [0.4, 0.5) is 13.2 Å². The first-order chi connectivity index (χ1) is 18.0. The van der Waals surface area contributed by atoms with E-state index in [-0.39, 0.29) is 11.3 Å². The fourth-order valence-corrected chi connectivity index (χ4v) is 4.63. The SMILES string of the molecule is CCCCCCOc1ccc(-c2ccc(-c3ccc(C4OCC(CCC)CO4)cc3F)cc2)c(F)c1F. The van der Waals surface area contributed by atoms with Crippen molar-refractivity contribution in [3.63, 3.8) is 0 Å². The van der Waals surface area contributed by atoms with Gasteiger partial charge in [0.25, 0.3) is 0 Å². The van der Waals surface area contributed by atoms with E-state index in [1.54, 1.807) is 36.4 Å². The van der Waals surface area contributed by atoms with Gasteiger partial charge in [-0.2, -0.15) is 4.39 Å². The van der Waals surface area contributed by atoms with Crippen LogP contribution in [0.1, 0.15) is 64.2 Å². The van der Waals surface area contributed by atoms with E-state index in [1.165, 1.54) is 18.2 Å². The predicted octanol–water partition coefficient (Wildman–Crippen LogP) is 8.86. The zero-order valence-corrected chi connectivity index (χ0v) is 21.6. The molecule has 3 aromatic carbocycles. The fourth-order valence-electron chi connectivity index (χ4n) is 4.63. The van der Waals surface area contributed by atoms with Crippen molar-refractivity contribution in [2.75, 3.05) is 19.8 Å². The Balaban J connectivity index is 1.43. The molecule has 1 aliphatic rings. The topological polar surface area (TPSA) is 27.7 Å². The Bertz CT molecular complexity index is 1160. The van der Waals surface area contributed by atoms with Crippen LogP contribution in [0.3, 0.4) is 0 Å². The second-order valence-electron chi connectivity index (χ2n) is 9.62. The molecule has 1 heterocycles. The maximum atomic E-state index is 15.0. The number of benzene rings is 3. The number of hydrogen-bond acceptors (Lipinski definition) is 3. The second-order valence-corrected chi connectivity index (χ2v) is 9.62. The molecule has 0 aliphatic carbocycles. The van der Waals surface area contributed by atoms with Crippen molar-refractivity contribution in [3.8, 4) is 28.0 Å². The first-order valence-corrected chi connectivity index (χ1v) is 13.3. The Morgan fingerprint density at radius 3 is 2.08 bits per heavy atom. The highest BCUT2D eigenvalue weighted by Crippen LogP contribution is 2.34. The molecule has 0 amide bonds. The smallest absolute Gasteiger partial charge is 0.201 e. The van der Waals surface area contributed by atoms with Gasteiger partial charge in [-0.25, -0.2) is 8.78 Å². The zero-order chi connectivity index (χ0) is 26.2. The van der Waals surface area contributed by atoms with E-state index in [2.05, 4.69) is 13.8 Å². The summed E-state index contributed by atoms with van der Waals surface area (Å²) in [6, 6.07) is 14.6. The van der Waals surface area contributed by atoms with Crippen LogP contribution >= 0.6 is 0 Å². The Morgan fingerprint density at radius 1 is 0.757 bits per heavy atom. The average molecular weight is 513 g/mol. The van der Waals surface area contributed by atoms with Crippen LogP contribution in [0.15, 0.2) is 54.6 Å². The molecular formula is C31H35F3O3. The Kier molecular flexibility index (Phi) is 9.64. The lowest BCUT2D eigenvalue weighted by Crippen LogP contribution is -2.27. The third-order valence-corrected chi connectivity index (χ3v) is 6.74. The summed E-state index contributed by atoms with van der Waals surface area (Å²) in [5.41, 5.74) is 2.31. The van der Waals surface area contributed by atoms with Crippen molar-refractivity contribution in [3.05, 3.63) is 77.6 Å².